The van der Waals surface area contributed by atoms with Gasteiger partial charge >= 0.3 is 0 Å². The number of thiocarbonyl (C=S) groups is 1. The van der Waals surface area contributed by atoms with E-state index in [1.54, 1.807) is 12.0 Å². The van der Waals surface area contributed by atoms with Crippen molar-refractivity contribution in [3.63, 3.8) is 0 Å². The Bertz CT molecular complexity index is 1050. The number of thioether (sulfide) groups is 1. The van der Waals surface area contributed by atoms with Crippen LogP contribution in [0.25, 0.3) is 6.08 Å². The number of unbranched alkanes of at least 4 members (excludes halogenated alkanes) is 2. The molecular weight excluding hydrogens is 452 g/mol. The molecule has 1 aliphatic rings. The fraction of sp³-hybridized carbons (Fsp3) is 0.346. The van der Waals surface area contributed by atoms with Crippen molar-refractivity contribution in [1.29, 1.82) is 0 Å². The average molecular weight is 483 g/mol. The maximum Gasteiger partial charge on any atom is 0.266 e. The topological polar surface area (TPSA) is 58.6 Å². The van der Waals surface area contributed by atoms with Gasteiger partial charge in [-0.1, -0.05) is 60.2 Å². The molecule has 0 aliphatic carbocycles. The molecule has 5 nitrogen and oxygen atoms in total. The van der Waals surface area contributed by atoms with Gasteiger partial charge in [0.2, 0.25) is 5.91 Å². The fourth-order valence-corrected chi connectivity index (χ4v) is 5.16. The third kappa shape index (κ3) is 6.68. The molecule has 1 aliphatic heterocycles. The lowest BCUT2D eigenvalue weighted by Crippen LogP contribution is -2.29. The van der Waals surface area contributed by atoms with Gasteiger partial charge in [-0.05, 0) is 68.5 Å². The highest BCUT2D eigenvalue weighted by molar-refractivity contribution is 8.26. The molecule has 1 fully saturated rings. The molecular formula is C26H30N2O3S2. The predicted molar refractivity (Wildman–Crippen MR) is 141 cm³/mol. The van der Waals surface area contributed by atoms with Gasteiger partial charge < -0.3 is 10.1 Å². The quantitative estimate of drug-likeness (QED) is 0.269. The molecule has 174 valence electrons. The van der Waals surface area contributed by atoms with Gasteiger partial charge in [0.1, 0.15) is 10.1 Å². The van der Waals surface area contributed by atoms with Crippen LogP contribution in [0, 0.1) is 20.8 Å². The molecule has 7 heteroatoms. The predicted octanol–water partition coefficient (Wildman–Crippen LogP) is 6.02. The lowest BCUT2D eigenvalue weighted by atomic mass is 10.0. The van der Waals surface area contributed by atoms with Crippen molar-refractivity contribution in [2.75, 3.05) is 19.0 Å². The summed E-state index contributed by atoms with van der Waals surface area (Å²) in [5.74, 6) is 0.750. The summed E-state index contributed by atoms with van der Waals surface area (Å²) in [5, 5.41) is 3.05. The molecule has 2 aromatic carbocycles. The number of rotatable bonds is 9. The Labute approximate surface area is 205 Å². The van der Waals surface area contributed by atoms with Crippen LogP contribution in [0.15, 0.2) is 41.3 Å². The summed E-state index contributed by atoms with van der Waals surface area (Å²) in [5.41, 5.74) is 5.20. The largest absolute Gasteiger partial charge is 0.497 e. The molecule has 2 aromatic rings. The number of hydrogen-bond donors (Lipinski definition) is 1. The highest BCUT2D eigenvalue weighted by Crippen LogP contribution is 2.33. The molecule has 0 radical (unpaired) electrons. The molecule has 3 rings (SSSR count). The van der Waals surface area contributed by atoms with Crippen LogP contribution in [0.3, 0.4) is 0 Å². The van der Waals surface area contributed by atoms with Crippen LogP contribution in [0.1, 0.15) is 47.9 Å². The zero-order valence-electron chi connectivity index (χ0n) is 19.6. The van der Waals surface area contributed by atoms with Crippen LogP contribution in [-0.2, 0) is 9.59 Å². The van der Waals surface area contributed by atoms with Crippen LogP contribution in [0.2, 0.25) is 0 Å². The maximum atomic E-state index is 12.8. The van der Waals surface area contributed by atoms with Crippen LogP contribution < -0.4 is 10.1 Å². The number of carbonyl (C=O) groups is 2. The SMILES string of the molecule is COc1ccc(C=C2SC(=S)N(CCCCCC(=O)Nc3c(C)cc(C)cc3C)C2=O)cc1. The van der Waals surface area contributed by atoms with Crippen LogP contribution in [-0.4, -0.2) is 34.7 Å². The van der Waals surface area contributed by atoms with Crippen molar-refractivity contribution in [2.24, 2.45) is 0 Å². The normalized spacial score (nSPS) is 14.8. The first-order valence-electron chi connectivity index (χ1n) is 11.1. The number of anilines is 1. The molecule has 1 N–H and O–H groups in total. The first-order chi connectivity index (χ1) is 15.8. The zero-order chi connectivity index (χ0) is 24.0. The molecule has 0 bridgehead atoms. The van der Waals surface area contributed by atoms with E-state index in [2.05, 4.69) is 24.4 Å². The van der Waals surface area contributed by atoms with Crippen molar-refractivity contribution in [3.8, 4) is 5.75 Å². The molecule has 2 amide bonds. The number of hydrogen-bond acceptors (Lipinski definition) is 5. The first-order valence-corrected chi connectivity index (χ1v) is 12.3. The van der Waals surface area contributed by atoms with Crippen molar-refractivity contribution in [3.05, 3.63) is 63.6 Å². The van der Waals surface area contributed by atoms with Gasteiger partial charge in [0.25, 0.3) is 5.91 Å². The molecule has 0 unspecified atom stereocenters. The maximum absolute atomic E-state index is 12.8. The molecule has 33 heavy (non-hydrogen) atoms. The number of benzene rings is 2. The minimum absolute atomic E-state index is 0.0260. The van der Waals surface area contributed by atoms with E-state index in [1.807, 2.05) is 44.2 Å². The second-order valence-electron chi connectivity index (χ2n) is 8.24. The van der Waals surface area contributed by atoms with Gasteiger partial charge in [-0.3, -0.25) is 14.5 Å². The Balaban J connectivity index is 1.44. The number of amides is 2. The Kier molecular flexibility index (Phi) is 8.69. The summed E-state index contributed by atoms with van der Waals surface area (Å²) in [6, 6.07) is 11.7. The smallest absolute Gasteiger partial charge is 0.266 e. The van der Waals surface area contributed by atoms with E-state index in [0.717, 1.165) is 47.4 Å². The molecule has 1 saturated heterocycles. The lowest BCUT2D eigenvalue weighted by molar-refractivity contribution is -0.122. The van der Waals surface area contributed by atoms with Crippen molar-refractivity contribution in [1.82, 2.24) is 4.90 Å². The highest BCUT2D eigenvalue weighted by atomic mass is 32.2. The van der Waals surface area contributed by atoms with Crippen molar-refractivity contribution < 1.29 is 14.3 Å². The van der Waals surface area contributed by atoms with E-state index >= 15 is 0 Å². The van der Waals surface area contributed by atoms with Crippen LogP contribution in [0.4, 0.5) is 5.69 Å². The van der Waals surface area contributed by atoms with E-state index in [4.69, 9.17) is 17.0 Å². The number of methoxy groups -OCH3 is 1. The third-order valence-corrected chi connectivity index (χ3v) is 6.89. The average Bonchev–Trinajstić information content (AvgIpc) is 3.03. The minimum atomic E-state index is -0.0520. The molecule has 0 saturated carbocycles. The number of aryl methyl sites for hydroxylation is 3. The van der Waals surface area contributed by atoms with E-state index in [-0.39, 0.29) is 11.8 Å². The van der Waals surface area contributed by atoms with E-state index < -0.39 is 0 Å². The Hall–Kier alpha value is -2.64. The van der Waals surface area contributed by atoms with Gasteiger partial charge in [0, 0.05) is 18.7 Å². The monoisotopic (exact) mass is 482 g/mol. The highest BCUT2D eigenvalue weighted by Gasteiger charge is 2.31. The summed E-state index contributed by atoms with van der Waals surface area (Å²) >= 11 is 6.75. The number of ether oxygens (including phenoxy) is 1. The number of nitrogens with one attached hydrogen (secondary N) is 1. The first kappa shape index (κ1) is 25.0. The van der Waals surface area contributed by atoms with Crippen molar-refractivity contribution in [2.45, 2.75) is 46.5 Å². The van der Waals surface area contributed by atoms with Crippen LogP contribution >= 0.6 is 24.0 Å². The molecule has 1 heterocycles. The Morgan fingerprint density at radius 3 is 2.39 bits per heavy atom. The van der Waals surface area contributed by atoms with E-state index in [9.17, 15) is 9.59 Å². The fourth-order valence-electron chi connectivity index (χ4n) is 3.86. The summed E-state index contributed by atoms with van der Waals surface area (Å²) in [7, 11) is 1.62. The second-order valence-corrected chi connectivity index (χ2v) is 9.91. The van der Waals surface area contributed by atoms with Gasteiger partial charge in [0.15, 0.2) is 0 Å². The summed E-state index contributed by atoms with van der Waals surface area (Å²) in [6.07, 6.45) is 4.75. The summed E-state index contributed by atoms with van der Waals surface area (Å²) in [6.45, 7) is 6.66. The van der Waals surface area contributed by atoms with E-state index in [1.165, 1.54) is 17.3 Å². The Morgan fingerprint density at radius 1 is 1.09 bits per heavy atom. The summed E-state index contributed by atoms with van der Waals surface area (Å²) in [4.78, 5) is 27.4. The van der Waals surface area contributed by atoms with Crippen LogP contribution in [0.5, 0.6) is 5.75 Å². The standard InChI is InChI=1S/C26H30N2O3S2/c1-17-14-18(2)24(19(3)15-17)27-23(29)8-6-5-7-13-28-25(30)22(33-26(28)32)16-20-9-11-21(31-4)12-10-20/h9-12,14-16H,5-8,13H2,1-4H3,(H,27,29). The van der Waals surface area contributed by atoms with Gasteiger partial charge in [-0.2, -0.15) is 0 Å². The third-order valence-electron chi connectivity index (χ3n) is 5.51. The molecule has 0 atom stereocenters. The zero-order valence-corrected chi connectivity index (χ0v) is 21.2. The Morgan fingerprint density at radius 2 is 1.76 bits per heavy atom. The second kappa shape index (κ2) is 11.5. The number of nitrogens with zero attached hydrogens (tertiary/aromatic N) is 1. The lowest BCUT2D eigenvalue weighted by Gasteiger charge is -2.14. The van der Waals surface area contributed by atoms with Crippen molar-refractivity contribution >= 4 is 51.9 Å². The molecule has 0 aromatic heterocycles. The van der Waals surface area contributed by atoms with Gasteiger partial charge in [0.05, 0.1) is 12.0 Å². The van der Waals surface area contributed by atoms with E-state index in [0.29, 0.717) is 22.2 Å². The van der Waals surface area contributed by atoms with Gasteiger partial charge in [-0.15, -0.1) is 0 Å². The van der Waals surface area contributed by atoms with Gasteiger partial charge in [-0.25, -0.2) is 0 Å². The minimum Gasteiger partial charge on any atom is -0.497 e. The summed E-state index contributed by atoms with van der Waals surface area (Å²) < 4.78 is 5.76. The number of carbonyl (C=O) groups excluding carboxylic acids is 2. The molecule has 0 spiro atoms.